The molecule has 1 aromatic heterocycles. The topological polar surface area (TPSA) is 43.8 Å². The van der Waals surface area contributed by atoms with Crippen LogP contribution in [0.4, 0.5) is 0 Å². The maximum absolute atomic E-state index is 5.68. The number of halogens is 1. The monoisotopic (exact) mass is 307 g/mol. The van der Waals surface area contributed by atoms with E-state index in [1.807, 2.05) is 4.68 Å². The molecule has 3 nitrogen and oxygen atoms in total. The summed E-state index contributed by atoms with van der Waals surface area (Å²) in [6.45, 7) is 6.87. The van der Waals surface area contributed by atoms with Gasteiger partial charge in [-0.3, -0.25) is 0 Å². The molecule has 0 aliphatic rings. The Morgan fingerprint density at radius 3 is 2.61 bits per heavy atom. The molecule has 0 aliphatic carbocycles. The van der Waals surface area contributed by atoms with Gasteiger partial charge in [0, 0.05) is 16.7 Å². The van der Waals surface area contributed by atoms with E-state index in [-0.39, 0.29) is 0 Å². The molecule has 1 aromatic carbocycles. The van der Waals surface area contributed by atoms with E-state index >= 15 is 0 Å². The first-order valence-corrected chi connectivity index (χ1v) is 6.87. The number of hydrogen-bond acceptors (Lipinski definition) is 2. The summed E-state index contributed by atoms with van der Waals surface area (Å²) in [5.41, 5.74) is 10.1. The van der Waals surface area contributed by atoms with Gasteiger partial charge in [-0.1, -0.05) is 19.9 Å². The van der Waals surface area contributed by atoms with Crippen molar-refractivity contribution in [1.29, 1.82) is 0 Å². The largest absolute Gasteiger partial charge is 0.325 e. The van der Waals surface area contributed by atoms with E-state index < -0.39 is 0 Å². The fraction of sp³-hybridized carbons (Fsp3) is 0.357. The standard InChI is InChI=1S/C14H18BrN3/c1-9(2)14-7-11(8-16)17-18(14)13-5-4-10(3)6-12(13)15/h4-7,9H,8,16H2,1-3H3. The second-order valence-corrected chi connectivity index (χ2v) is 5.64. The van der Waals surface area contributed by atoms with Gasteiger partial charge >= 0.3 is 0 Å². The highest BCUT2D eigenvalue weighted by Gasteiger charge is 2.13. The molecule has 2 rings (SSSR count). The fourth-order valence-electron chi connectivity index (χ4n) is 1.93. The summed E-state index contributed by atoms with van der Waals surface area (Å²) in [4.78, 5) is 0. The van der Waals surface area contributed by atoms with Crippen LogP contribution in [0.2, 0.25) is 0 Å². The fourth-order valence-corrected chi connectivity index (χ4v) is 2.60. The molecule has 0 fully saturated rings. The zero-order valence-electron chi connectivity index (χ0n) is 10.9. The van der Waals surface area contributed by atoms with E-state index in [1.54, 1.807) is 0 Å². The Balaban J connectivity index is 2.58. The van der Waals surface area contributed by atoms with E-state index in [0.29, 0.717) is 12.5 Å². The van der Waals surface area contributed by atoms with Gasteiger partial charge in [0.15, 0.2) is 0 Å². The van der Waals surface area contributed by atoms with Gasteiger partial charge < -0.3 is 5.73 Å². The van der Waals surface area contributed by atoms with Crippen molar-refractivity contribution in [2.24, 2.45) is 5.73 Å². The Labute approximate surface area is 116 Å². The maximum Gasteiger partial charge on any atom is 0.0791 e. The van der Waals surface area contributed by atoms with E-state index in [1.165, 1.54) is 11.3 Å². The second kappa shape index (κ2) is 5.24. The van der Waals surface area contributed by atoms with Crippen molar-refractivity contribution >= 4 is 15.9 Å². The molecule has 0 unspecified atom stereocenters. The van der Waals surface area contributed by atoms with Gasteiger partial charge in [-0.25, -0.2) is 4.68 Å². The first-order valence-electron chi connectivity index (χ1n) is 6.08. The van der Waals surface area contributed by atoms with Crippen LogP contribution >= 0.6 is 15.9 Å². The maximum atomic E-state index is 5.68. The molecule has 0 saturated carbocycles. The molecule has 2 N–H and O–H groups in total. The SMILES string of the molecule is Cc1ccc(-n2nc(CN)cc2C(C)C)c(Br)c1. The Morgan fingerprint density at radius 2 is 2.06 bits per heavy atom. The lowest BCUT2D eigenvalue weighted by molar-refractivity contribution is 0.725. The highest BCUT2D eigenvalue weighted by molar-refractivity contribution is 9.10. The van der Waals surface area contributed by atoms with Crippen LogP contribution in [0.25, 0.3) is 5.69 Å². The molecule has 0 radical (unpaired) electrons. The first-order chi connectivity index (χ1) is 8.52. The Bertz CT molecular complexity index is 558. The molecule has 0 aliphatic heterocycles. The van der Waals surface area contributed by atoms with Crippen LogP contribution in [0, 0.1) is 6.92 Å². The van der Waals surface area contributed by atoms with Gasteiger partial charge in [-0.2, -0.15) is 5.10 Å². The number of hydrogen-bond donors (Lipinski definition) is 1. The molecule has 0 bridgehead atoms. The highest BCUT2D eigenvalue weighted by Crippen LogP contribution is 2.26. The van der Waals surface area contributed by atoms with Crippen LogP contribution in [-0.4, -0.2) is 9.78 Å². The molecule has 0 amide bonds. The highest BCUT2D eigenvalue weighted by atomic mass is 79.9. The van der Waals surface area contributed by atoms with Crippen LogP contribution in [0.3, 0.4) is 0 Å². The zero-order chi connectivity index (χ0) is 13.3. The zero-order valence-corrected chi connectivity index (χ0v) is 12.5. The average Bonchev–Trinajstić information content (AvgIpc) is 2.73. The Kier molecular flexibility index (Phi) is 3.88. The van der Waals surface area contributed by atoms with Crippen LogP contribution in [0.15, 0.2) is 28.7 Å². The van der Waals surface area contributed by atoms with Gasteiger partial charge in [0.05, 0.1) is 11.4 Å². The van der Waals surface area contributed by atoms with Crippen molar-refractivity contribution < 1.29 is 0 Å². The molecule has 18 heavy (non-hydrogen) atoms. The van der Waals surface area contributed by atoms with Gasteiger partial charge in [0.25, 0.3) is 0 Å². The van der Waals surface area contributed by atoms with Crippen molar-refractivity contribution in [3.05, 3.63) is 45.7 Å². The van der Waals surface area contributed by atoms with E-state index in [2.05, 4.69) is 66.1 Å². The van der Waals surface area contributed by atoms with E-state index in [0.717, 1.165) is 15.9 Å². The lowest BCUT2D eigenvalue weighted by atomic mass is 10.1. The third-order valence-electron chi connectivity index (χ3n) is 2.92. The quantitative estimate of drug-likeness (QED) is 0.942. The van der Waals surface area contributed by atoms with Gasteiger partial charge in [0.1, 0.15) is 0 Å². The average molecular weight is 308 g/mol. The van der Waals surface area contributed by atoms with Crippen LogP contribution in [-0.2, 0) is 6.54 Å². The molecular formula is C14H18BrN3. The molecule has 1 heterocycles. The minimum Gasteiger partial charge on any atom is -0.325 e. The summed E-state index contributed by atoms with van der Waals surface area (Å²) in [6, 6.07) is 8.35. The number of nitrogens with zero attached hydrogens (tertiary/aromatic N) is 2. The second-order valence-electron chi connectivity index (χ2n) is 4.79. The molecule has 2 aromatic rings. The number of nitrogens with two attached hydrogens (primary N) is 1. The van der Waals surface area contributed by atoms with Gasteiger partial charge in [-0.05, 0) is 52.5 Å². The van der Waals surface area contributed by atoms with Crippen molar-refractivity contribution in [1.82, 2.24) is 9.78 Å². The molecule has 0 spiro atoms. The third-order valence-corrected chi connectivity index (χ3v) is 3.55. The number of benzene rings is 1. The summed E-state index contributed by atoms with van der Waals surface area (Å²) >= 11 is 3.61. The summed E-state index contributed by atoms with van der Waals surface area (Å²) in [5, 5.41) is 4.57. The molecular weight excluding hydrogens is 290 g/mol. The van der Waals surface area contributed by atoms with E-state index in [9.17, 15) is 0 Å². The minimum absolute atomic E-state index is 0.408. The predicted octanol–water partition coefficient (Wildman–Crippen LogP) is 3.53. The minimum atomic E-state index is 0.408. The summed E-state index contributed by atoms with van der Waals surface area (Å²) in [5.74, 6) is 0.408. The van der Waals surface area contributed by atoms with Crippen molar-refractivity contribution in [3.8, 4) is 5.69 Å². The van der Waals surface area contributed by atoms with Crippen molar-refractivity contribution in [2.45, 2.75) is 33.2 Å². The lowest BCUT2D eigenvalue weighted by Crippen LogP contribution is -2.05. The van der Waals surface area contributed by atoms with Gasteiger partial charge in [-0.15, -0.1) is 0 Å². The number of aryl methyl sites for hydroxylation is 1. The molecule has 4 heteroatoms. The van der Waals surface area contributed by atoms with Crippen molar-refractivity contribution in [3.63, 3.8) is 0 Å². The van der Waals surface area contributed by atoms with Crippen molar-refractivity contribution in [2.75, 3.05) is 0 Å². The van der Waals surface area contributed by atoms with Gasteiger partial charge in [0.2, 0.25) is 0 Å². The number of aromatic nitrogens is 2. The summed E-state index contributed by atoms with van der Waals surface area (Å²) in [6.07, 6.45) is 0. The predicted molar refractivity (Wildman–Crippen MR) is 78.0 cm³/mol. The van der Waals surface area contributed by atoms with E-state index in [4.69, 9.17) is 5.73 Å². The van der Waals surface area contributed by atoms with Crippen LogP contribution in [0.1, 0.15) is 36.7 Å². The van der Waals surface area contributed by atoms with Crippen LogP contribution < -0.4 is 5.73 Å². The Morgan fingerprint density at radius 1 is 1.33 bits per heavy atom. The first kappa shape index (κ1) is 13.3. The molecule has 96 valence electrons. The molecule has 0 saturated heterocycles. The molecule has 0 atom stereocenters. The van der Waals surface area contributed by atoms with Crippen LogP contribution in [0.5, 0.6) is 0 Å². The summed E-state index contributed by atoms with van der Waals surface area (Å²) in [7, 11) is 0. The lowest BCUT2D eigenvalue weighted by Gasteiger charge is -2.12. The normalized spacial score (nSPS) is 11.2. The summed E-state index contributed by atoms with van der Waals surface area (Å²) < 4.78 is 3.03. The third kappa shape index (κ3) is 2.49. The smallest absolute Gasteiger partial charge is 0.0791 e. The Hall–Kier alpha value is -1.13. The number of rotatable bonds is 3.